The monoisotopic (exact) mass is 327 g/mol. The topological polar surface area (TPSA) is 208 Å². The number of carbonyl (C=O) groups is 2. The minimum absolute atomic E-state index is 0.949. The van der Waals surface area contributed by atoms with Crippen molar-refractivity contribution in [1.82, 2.24) is 5.32 Å². The summed E-state index contributed by atoms with van der Waals surface area (Å²) in [4.78, 5) is 23.1. The standard InChI is InChI=1S/C11H21NO10/c13-2-10(21,3-14)1-6(17)7(18)8(19)9(20)12-11(22,4-15)5-16/h7-8,13-16,18-19,21-22H,1-5H2,(H,12,20). The van der Waals surface area contributed by atoms with Crippen molar-refractivity contribution in [3.8, 4) is 0 Å². The molecule has 0 aliphatic carbocycles. The molecule has 0 aromatic rings. The number of Topliss-reactive ketones (excluding diaryl/α,β-unsaturated/α-hetero) is 1. The molecule has 11 heteroatoms. The van der Waals surface area contributed by atoms with Crippen molar-refractivity contribution in [2.45, 2.75) is 30.0 Å². The van der Waals surface area contributed by atoms with Crippen LogP contribution in [-0.4, -0.2) is 103 Å². The van der Waals surface area contributed by atoms with Crippen molar-refractivity contribution in [2.24, 2.45) is 0 Å². The third-order valence-electron chi connectivity index (χ3n) is 2.87. The van der Waals surface area contributed by atoms with Crippen molar-refractivity contribution in [1.29, 1.82) is 0 Å². The average molecular weight is 327 g/mol. The molecule has 0 radical (unpaired) electrons. The minimum Gasteiger partial charge on any atom is -0.393 e. The van der Waals surface area contributed by atoms with E-state index in [1.807, 2.05) is 0 Å². The Hall–Kier alpha value is -1.18. The van der Waals surface area contributed by atoms with E-state index in [4.69, 9.17) is 20.4 Å². The van der Waals surface area contributed by atoms with E-state index in [0.29, 0.717) is 0 Å². The molecule has 9 N–H and O–H groups in total. The maximum absolute atomic E-state index is 11.6. The van der Waals surface area contributed by atoms with Crippen LogP contribution in [0.1, 0.15) is 6.42 Å². The van der Waals surface area contributed by atoms with Crippen LogP contribution in [0.2, 0.25) is 0 Å². The van der Waals surface area contributed by atoms with E-state index in [1.54, 1.807) is 5.32 Å². The molecular weight excluding hydrogens is 306 g/mol. The van der Waals surface area contributed by atoms with Crippen molar-refractivity contribution in [2.75, 3.05) is 26.4 Å². The zero-order valence-corrected chi connectivity index (χ0v) is 11.6. The minimum atomic E-state index is -2.46. The molecular formula is C11H21NO10. The van der Waals surface area contributed by atoms with Gasteiger partial charge < -0.3 is 46.2 Å². The highest BCUT2D eigenvalue weighted by atomic mass is 16.4. The molecule has 2 atom stereocenters. The number of aliphatic hydroxyl groups excluding tert-OH is 6. The third-order valence-corrected chi connectivity index (χ3v) is 2.87. The van der Waals surface area contributed by atoms with Crippen molar-refractivity contribution in [3.63, 3.8) is 0 Å². The molecule has 0 aromatic heterocycles. The maximum Gasteiger partial charge on any atom is 0.254 e. The first-order valence-electron chi connectivity index (χ1n) is 6.17. The van der Waals surface area contributed by atoms with E-state index in [-0.39, 0.29) is 0 Å². The van der Waals surface area contributed by atoms with Crippen LogP contribution >= 0.6 is 0 Å². The van der Waals surface area contributed by atoms with E-state index in [2.05, 4.69) is 0 Å². The lowest BCUT2D eigenvalue weighted by molar-refractivity contribution is -0.157. The smallest absolute Gasteiger partial charge is 0.254 e. The van der Waals surface area contributed by atoms with Gasteiger partial charge in [0.2, 0.25) is 0 Å². The van der Waals surface area contributed by atoms with Gasteiger partial charge in [-0.15, -0.1) is 0 Å². The Bertz CT molecular complexity index is 343. The first-order valence-corrected chi connectivity index (χ1v) is 6.17. The van der Waals surface area contributed by atoms with Crippen LogP contribution < -0.4 is 5.32 Å². The fourth-order valence-electron chi connectivity index (χ4n) is 1.34. The van der Waals surface area contributed by atoms with Crippen LogP contribution in [0.5, 0.6) is 0 Å². The first-order chi connectivity index (χ1) is 10.1. The summed E-state index contributed by atoms with van der Waals surface area (Å²) < 4.78 is 0. The molecule has 0 saturated heterocycles. The van der Waals surface area contributed by atoms with Gasteiger partial charge in [0, 0.05) is 6.42 Å². The second-order valence-corrected chi connectivity index (χ2v) is 4.91. The van der Waals surface area contributed by atoms with E-state index in [0.717, 1.165) is 0 Å². The highest BCUT2D eigenvalue weighted by molar-refractivity contribution is 5.92. The Morgan fingerprint density at radius 1 is 0.864 bits per heavy atom. The van der Waals surface area contributed by atoms with Gasteiger partial charge in [0.1, 0.15) is 11.7 Å². The molecule has 0 aliphatic heterocycles. The highest BCUT2D eigenvalue weighted by Crippen LogP contribution is 2.12. The zero-order valence-electron chi connectivity index (χ0n) is 11.6. The number of aliphatic hydroxyl groups is 8. The van der Waals surface area contributed by atoms with Crippen molar-refractivity contribution in [3.05, 3.63) is 0 Å². The van der Waals surface area contributed by atoms with Gasteiger partial charge in [-0.2, -0.15) is 0 Å². The Morgan fingerprint density at radius 2 is 1.32 bits per heavy atom. The van der Waals surface area contributed by atoms with Crippen molar-refractivity contribution < 1.29 is 50.4 Å². The summed E-state index contributed by atoms with van der Waals surface area (Å²) >= 11 is 0. The summed E-state index contributed by atoms with van der Waals surface area (Å²) in [6, 6.07) is 0. The SMILES string of the molecule is O=C(CC(O)(CO)CO)C(O)C(O)C(=O)NC(O)(CO)CO. The van der Waals surface area contributed by atoms with Gasteiger partial charge in [0.05, 0.1) is 26.4 Å². The zero-order chi connectivity index (χ0) is 17.6. The molecule has 22 heavy (non-hydrogen) atoms. The molecule has 130 valence electrons. The summed E-state index contributed by atoms with van der Waals surface area (Å²) in [6.07, 6.45) is -5.65. The second-order valence-electron chi connectivity index (χ2n) is 4.91. The van der Waals surface area contributed by atoms with Gasteiger partial charge in [0.15, 0.2) is 17.6 Å². The van der Waals surface area contributed by atoms with Gasteiger partial charge in [-0.25, -0.2) is 0 Å². The normalized spacial score (nSPS) is 15.3. The number of nitrogens with one attached hydrogen (secondary N) is 1. The molecule has 0 saturated carbocycles. The first kappa shape index (κ1) is 20.8. The predicted molar refractivity (Wildman–Crippen MR) is 68.0 cm³/mol. The number of carbonyl (C=O) groups excluding carboxylic acids is 2. The van der Waals surface area contributed by atoms with Gasteiger partial charge in [-0.05, 0) is 0 Å². The molecule has 0 bridgehead atoms. The van der Waals surface area contributed by atoms with E-state index >= 15 is 0 Å². The number of hydrogen-bond donors (Lipinski definition) is 9. The van der Waals surface area contributed by atoms with E-state index in [1.165, 1.54) is 0 Å². The van der Waals surface area contributed by atoms with Crippen LogP contribution in [0.3, 0.4) is 0 Å². The molecule has 1 amide bonds. The third kappa shape index (κ3) is 5.55. The number of hydrogen-bond acceptors (Lipinski definition) is 10. The molecule has 0 rings (SSSR count). The number of rotatable bonds is 10. The summed E-state index contributed by atoms with van der Waals surface area (Å²) in [6.45, 7) is -4.19. The number of amides is 1. The molecule has 0 aromatic carbocycles. The second kappa shape index (κ2) is 8.45. The largest absolute Gasteiger partial charge is 0.393 e. The lowest BCUT2D eigenvalue weighted by Gasteiger charge is -2.28. The Morgan fingerprint density at radius 3 is 1.68 bits per heavy atom. The van der Waals surface area contributed by atoms with E-state index in [9.17, 15) is 30.0 Å². The quantitative estimate of drug-likeness (QED) is 0.173. The van der Waals surface area contributed by atoms with Gasteiger partial charge >= 0.3 is 0 Å². The summed E-state index contributed by atoms with van der Waals surface area (Å²) in [7, 11) is 0. The highest BCUT2D eigenvalue weighted by Gasteiger charge is 2.38. The van der Waals surface area contributed by atoms with Gasteiger partial charge in [-0.3, -0.25) is 9.59 Å². The fraction of sp³-hybridized carbons (Fsp3) is 0.818. The summed E-state index contributed by atoms with van der Waals surface area (Å²) in [5.74, 6) is -2.73. The van der Waals surface area contributed by atoms with Crippen LogP contribution in [-0.2, 0) is 9.59 Å². The predicted octanol–water partition coefficient (Wildman–Crippen LogP) is -5.83. The van der Waals surface area contributed by atoms with Crippen LogP contribution in [0.4, 0.5) is 0 Å². The van der Waals surface area contributed by atoms with E-state index < -0.39 is 68.1 Å². The molecule has 2 unspecified atom stereocenters. The number of ketones is 1. The lowest BCUT2D eigenvalue weighted by atomic mass is 9.94. The summed E-state index contributed by atoms with van der Waals surface area (Å²) in [5, 5.41) is 74.7. The Balaban J connectivity index is 4.81. The molecule has 0 spiro atoms. The van der Waals surface area contributed by atoms with Gasteiger partial charge in [-0.1, -0.05) is 0 Å². The van der Waals surface area contributed by atoms with Gasteiger partial charge in [0.25, 0.3) is 5.91 Å². The Kier molecular flexibility index (Phi) is 8.00. The van der Waals surface area contributed by atoms with Crippen LogP contribution in [0.15, 0.2) is 0 Å². The molecule has 0 aliphatic rings. The van der Waals surface area contributed by atoms with Crippen molar-refractivity contribution >= 4 is 11.7 Å². The lowest BCUT2D eigenvalue weighted by Crippen LogP contribution is -2.59. The van der Waals surface area contributed by atoms with Crippen LogP contribution in [0.25, 0.3) is 0 Å². The maximum atomic E-state index is 11.6. The fourth-order valence-corrected chi connectivity index (χ4v) is 1.34. The molecule has 0 heterocycles. The molecule has 0 fully saturated rings. The molecule has 11 nitrogen and oxygen atoms in total. The van der Waals surface area contributed by atoms with Crippen LogP contribution in [0, 0.1) is 0 Å². The average Bonchev–Trinajstić information content (AvgIpc) is 2.52. The Labute approximate surface area is 125 Å². The summed E-state index contributed by atoms with van der Waals surface area (Å²) in [5.41, 5.74) is -4.69.